The van der Waals surface area contributed by atoms with Gasteiger partial charge in [-0.05, 0) is 43.5 Å². The predicted octanol–water partition coefficient (Wildman–Crippen LogP) is 3.94. The summed E-state index contributed by atoms with van der Waals surface area (Å²) in [7, 11) is 0. The van der Waals surface area contributed by atoms with Crippen molar-refractivity contribution in [1.29, 1.82) is 0 Å². The second-order valence-electron chi connectivity index (χ2n) is 7.73. The van der Waals surface area contributed by atoms with Crippen LogP contribution in [-0.2, 0) is 16.0 Å². The lowest BCUT2D eigenvalue weighted by molar-refractivity contribution is -0.134. The minimum Gasteiger partial charge on any atom is -0.421 e. The molecule has 1 aromatic heterocycles. The fourth-order valence-electron chi connectivity index (χ4n) is 3.76. The molecule has 2 aromatic carbocycles. The molecule has 31 heavy (non-hydrogen) atoms. The zero-order valence-corrected chi connectivity index (χ0v) is 17.4. The topological polar surface area (TPSA) is 88.3 Å². The van der Waals surface area contributed by atoms with Gasteiger partial charge in [-0.3, -0.25) is 9.59 Å². The zero-order valence-electron chi connectivity index (χ0n) is 17.4. The first-order valence-electron chi connectivity index (χ1n) is 10.7. The summed E-state index contributed by atoms with van der Waals surface area (Å²) in [5.41, 5.74) is 1.69. The van der Waals surface area contributed by atoms with Crippen molar-refractivity contribution in [3.8, 4) is 11.5 Å². The standard InChI is InChI=1S/C24H26N4O3/c29-22(13-7-12-21-26-27-24(31-21)19-8-3-1-4-9-19)28-16-14-18(15-17-28)23(30)25-20-10-5-2-6-11-20/h1-6,8-11,18H,7,12-17H2,(H,25,30). The smallest absolute Gasteiger partial charge is 0.247 e. The molecule has 2 amide bonds. The van der Waals surface area contributed by atoms with E-state index < -0.39 is 0 Å². The van der Waals surface area contributed by atoms with E-state index in [4.69, 9.17) is 4.42 Å². The summed E-state index contributed by atoms with van der Waals surface area (Å²) in [6.45, 7) is 1.23. The molecule has 7 nitrogen and oxygen atoms in total. The third-order valence-electron chi connectivity index (χ3n) is 5.53. The molecule has 0 saturated carbocycles. The number of nitrogens with one attached hydrogen (secondary N) is 1. The predicted molar refractivity (Wildman–Crippen MR) is 117 cm³/mol. The zero-order chi connectivity index (χ0) is 21.5. The van der Waals surface area contributed by atoms with Gasteiger partial charge in [0.05, 0.1) is 0 Å². The first kappa shape index (κ1) is 20.8. The highest BCUT2D eigenvalue weighted by Gasteiger charge is 2.27. The molecule has 2 heterocycles. The van der Waals surface area contributed by atoms with Crippen LogP contribution in [0.3, 0.4) is 0 Å². The largest absolute Gasteiger partial charge is 0.421 e. The van der Waals surface area contributed by atoms with E-state index in [9.17, 15) is 9.59 Å². The van der Waals surface area contributed by atoms with E-state index >= 15 is 0 Å². The summed E-state index contributed by atoms with van der Waals surface area (Å²) < 4.78 is 5.69. The summed E-state index contributed by atoms with van der Waals surface area (Å²) in [5.74, 6) is 1.13. The molecule has 3 aromatic rings. The quantitative estimate of drug-likeness (QED) is 0.628. The summed E-state index contributed by atoms with van der Waals surface area (Å²) in [4.78, 5) is 26.8. The van der Waals surface area contributed by atoms with Gasteiger partial charge in [0.2, 0.25) is 23.6 Å². The third-order valence-corrected chi connectivity index (χ3v) is 5.53. The molecule has 0 radical (unpaired) electrons. The summed E-state index contributed by atoms with van der Waals surface area (Å²) in [6.07, 6.45) is 3.04. The number of para-hydroxylation sites is 1. The number of aryl methyl sites for hydroxylation is 1. The number of anilines is 1. The number of nitrogens with zero attached hydrogens (tertiary/aromatic N) is 3. The number of carbonyl (C=O) groups excluding carboxylic acids is 2. The Balaban J connectivity index is 1.18. The summed E-state index contributed by atoms with van der Waals surface area (Å²) in [6, 6.07) is 19.1. The monoisotopic (exact) mass is 418 g/mol. The van der Waals surface area contributed by atoms with Crippen LogP contribution in [0.25, 0.3) is 11.5 Å². The highest BCUT2D eigenvalue weighted by atomic mass is 16.4. The average Bonchev–Trinajstić information content (AvgIpc) is 3.29. The molecule has 0 unspecified atom stereocenters. The van der Waals surface area contributed by atoms with E-state index in [-0.39, 0.29) is 17.7 Å². The van der Waals surface area contributed by atoms with Gasteiger partial charge in [-0.2, -0.15) is 0 Å². The van der Waals surface area contributed by atoms with Gasteiger partial charge >= 0.3 is 0 Å². The van der Waals surface area contributed by atoms with E-state index in [1.165, 1.54) is 0 Å². The van der Waals surface area contributed by atoms with E-state index in [0.29, 0.717) is 57.0 Å². The van der Waals surface area contributed by atoms with Crippen molar-refractivity contribution in [2.45, 2.75) is 32.1 Å². The molecule has 1 saturated heterocycles. The first-order valence-corrected chi connectivity index (χ1v) is 10.7. The number of aromatic nitrogens is 2. The number of piperidine rings is 1. The van der Waals surface area contributed by atoms with Crippen LogP contribution in [0, 0.1) is 5.92 Å². The molecule has 1 aliphatic rings. The van der Waals surface area contributed by atoms with Crippen LogP contribution in [-0.4, -0.2) is 40.0 Å². The van der Waals surface area contributed by atoms with Crippen LogP contribution < -0.4 is 5.32 Å². The molecule has 1 aliphatic heterocycles. The van der Waals surface area contributed by atoms with Crippen molar-refractivity contribution >= 4 is 17.5 Å². The third kappa shape index (κ3) is 5.57. The normalized spacial score (nSPS) is 14.4. The highest BCUT2D eigenvalue weighted by molar-refractivity contribution is 5.92. The van der Waals surface area contributed by atoms with E-state index in [1.54, 1.807) is 0 Å². The fourth-order valence-corrected chi connectivity index (χ4v) is 3.76. The van der Waals surface area contributed by atoms with E-state index in [0.717, 1.165) is 11.3 Å². The van der Waals surface area contributed by atoms with Crippen LogP contribution in [0.5, 0.6) is 0 Å². The molecule has 160 valence electrons. The van der Waals surface area contributed by atoms with Crippen molar-refractivity contribution in [2.75, 3.05) is 18.4 Å². The van der Waals surface area contributed by atoms with Gasteiger partial charge in [-0.25, -0.2) is 0 Å². The second kappa shape index (κ2) is 10.0. The van der Waals surface area contributed by atoms with Crippen LogP contribution >= 0.6 is 0 Å². The molecule has 7 heteroatoms. The van der Waals surface area contributed by atoms with Crippen molar-refractivity contribution in [3.05, 3.63) is 66.6 Å². The van der Waals surface area contributed by atoms with E-state index in [1.807, 2.05) is 65.6 Å². The Labute approximate surface area is 181 Å². The van der Waals surface area contributed by atoms with Gasteiger partial charge in [-0.1, -0.05) is 36.4 Å². The summed E-state index contributed by atoms with van der Waals surface area (Å²) in [5, 5.41) is 11.1. The van der Waals surface area contributed by atoms with Gasteiger partial charge in [0, 0.05) is 43.1 Å². The van der Waals surface area contributed by atoms with Crippen LogP contribution in [0.2, 0.25) is 0 Å². The Kier molecular flexibility index (Phi) is 6.72. The van der Waals surface area contributed by atoms with Crippen LogP contribution in [0.4, 0.5) is 5.69 Å². The molecule has 0 spiro atoms. The average molecular weight is 418 g/mol. The number of hydrogen-bond donors (Lipinski definition) is 1. The van der Waals surface area contributed by atoms with Gasteiger partial charge in [-0.15, -0.1) is 10.2 Å². The van der Waals surface area contributed by atoms with Crippen LogP contribution in [0.1, 0.15) is 31.6 Å². The molecular formula is C24H26N4O3. The lowest BCUT2D eigenvalue weighted by atomic mass is 9.95. The lowest BCUT2D eigenvalue weighted by Crippen LogP contribution is -2.41. The van der Waals surface area contributed by atoms with Crippen molar-refractivity contribution in [2.24, 2.45) is 5.92 Å². The van der Waals surface area contributed by atoms with Crippen LogP contribution in [0.15, 0.2) is 65.1 Å². The Morgan fingerprint density at radius 3 is 2.35 bits per heavy atom. The van der Waals surface area contributed by atoms with Crippen molar-refractivity contribution in [3.63, 3.8) is 0 Å². The number of likely N-dealkylation sites (tertiary alicyclic amines) is 1. The molecule has 4 rings (SSSR count). The molecule has 0 aliphatic carbocycles. The highest BCUT2D eigenvalue weighted by Crippen LogP contribution is 2.21. The molecule has 0 bridgehead atoms. The SMILES string of the molecule is O=C(Nc1ccccc1)C1CCN(C(=O)CCCc2nnc(-c3ccccc3)o2)CC1. The van der Waals surface area contributed by atoms with Gasteiger partial charge < -0.3 is 14.6 Å². The number of rotatable bonds is 7. The maximum atomic E-state index is 12.5. The Morgan fingerprint density at radius 2 is 1.65 bits per heavy atom. The van der Waals surface area contributed by atoms with Gasteiger partial charge in [0.15, 0.2) is 0 Å². The first-order chi connectivity index (χ1) is 15.2. The number of amides is 2. The molecule has 1 fully saturated rings. The van der Waals surface area contributed by atoms with Crippen molar-refractivity contribution in [1.82, 2.24) is 15.1 Å². The minimum atomic E-state index is -0.0564. The number of hydrogen-bond acceptors (Lipinski definition) is 5. The maximum Gasteiger partial charge on any atom is 0.247 e. The molecular weight excluding hydrogens is 392 g/mol. The van der Waals surface area contributed by atoms with Gasteiger partial charge in [0.25, 0.3) is 0 Å². The van der Waals surface area contributed by atoms with Gasteiger partial charge in [0.1, 0.15) is 0 Å². The molecule has 1 N–H and O–H groups in total. The summed E-state index contributed by atoms with van der Waals surface area (Å²) >= 11 is 0. The second-order valence-corrected chi connectivity index (χ2v) is 7.73. The fraction of sp³-hybridized carbons (Fsp3) is 0.333. The maximum absolute atomic E-state index is 12.5. The Hall–Kier alpha value is -3.48. The number of carbonyl (C=O) groups is 2. The molecule has 0 atom stereocenters. The Bertz CT molecular complexity index is 996. The number of benzene rings is 2. The Morgan fingerprint density at radius 1 is 0.968 bits per heavy atom. The lowest BCUT2D eigenvalue weighted by Gasteiger charge is -2.31. The van der Waals surface area contributed by atoms with E-state index in [2.05, 4.69) is 15.5 Å². The minimum absolute atomic E-state index is 0.0314. The van der Waals surface area contributed by atoms with Crippen molar-refractivity contribution < 1.29 is 14.0 Å².